The highest BCUT2D eigenvalue weighted by Crippen LogP contribution is 2.31. The van der Waals surface area contributed by atoms with E-state index in [-0.39, 0.29) is 5.91 Å². The molecule has 0 saturated carbocycles. The molecule has 6 heteroatoms. The maximum Gasteiger partial charge on any atom is 0.273 e. The first kappa shape index (κ1) is 18.2. The zero-order chi connectivity index (χ0) is 18.6. The lowest BCUT2D eigenvalue weighted by Gasteiger charge is -2.18. The number of hydrogen-bond donors (Lipinski definition) is 0. The first-order chi connectivity index (χ1) is 13.3. The molecule has 0 N–H and O–H groups in total. The second kappa shape index (κ2) is 8.23. The van der Waals surface area contributed by atoms with Crippen molar-refractivity contribution >= 4 is 28.1 Å². The molecule has 0 atom stereocenters. The molecule has 0 spiro atoms. The van der Waals surface area contributed by atoms with Gasteiger partial charge in [-0.3, -0.25) is 4.79 Å². The van der Waals surface area contributed by atoms with Crippen LogP contribution in [-0.4, -0.2) is 47.2 Å². The van der Waals surface area contributed by atoms with Crippen LogP contribution in [0, 0.1) is 0 Å². The molecule has 1 aliphatic rings. The summed E-state index contributed by atoms with van der Waals surface area (Å²) in [5, 5.41) is 3.97. The van der Waals surface area contributed by atoms with Gasteiger partial charge in [0.15, 0.2) is 0 Å². The summed E-state index contributed by atoms with van der Waals surface area (Å²) >= 11 is 1.54. The molecule has 5 nitrogen and oxygen atoms in total. The summed E-state index contributed by atoms with van der Waals surface area (Å²) < 4.78 is 7.52. The van der Waals surface area contributed by atoms with E-state index < -0.39 is 0 Å². The van der Waals surface area contributed by atoms with E-state index in [1.165, 1.54) is 23.7 Å². The lowest BCUT2D eigenvalue weighted by molar-refractivity contribution is 0.0756. The number of ether oxygens (including phenoxy) is 1. The summed E-state index contributed by atoms with van der Waals surface area (Å²) in [6, 6.07) is 10.5. The Hall–Kier alpha value is -2.18. The Morgan fingerprint density at radius 2 is 1.96 bits per heavy atom. The maximum atomic E-state index is 12.9. The Balaban J connectivity index is 1.65. The SMILES string of the molecule is COCCn1c(-c2nc(C(=O)N3CCCCCC3)cs2)cc2ccccc21. The molecule has 1 aromatic carbocycles. The average Bonchev–Trinajstić information content (AvgIpc) is 3.22. The largest absolute Gasteiger partial charge is 0.383 e. The van der Waals surface area contributed by atoms with Gasteiger partial charge in [0.05, 0.1) is 12.3 Å². The van der Waals surface area contributed by atoms with E-state index in [2.05, 4.69) is 22.8 Å². The molecule has 2 aromatic heterocycles. The van der Waals surface area contributed by atoms with Crippen LogP contribution in [0.3, 0.4) is 0 Å². The smallest absolute Gasteiger partial charge is 0.273 e. The molecule has 3 heterocycles. The quantitative estimate of drug-likeness (QED) is 0.655. The Kier molecular flexibility index (Phi) is 5.55. The molecular weight excluding hydrogens is 358 g/mol. The van der Waals surface area contributed by atoms with Crippen molar-refractivity contribution in [3.63, 3.8) is 0 Å². The number of likely N-dealkylation sites (tertiary alicyclic amines) is 1. The van der Waals surface area contributed by atoms with Gasteiger partial charge in [-0.1, -0.05) is 31.0 Å². The number of nitrogens with zero attached hydrogens (tertiary/aromatic N) is 3. The number of carbonyl (C=O) groups excluding carboxylic acids is 1. The number of thiazole rings is 1. The summed E-state index contributed by atoms with van der Waals surface area (Å²) in [7, 11) is 1.71. The molecule has 1 amide bonds. The average molecular weight is 384 g/mol. The summed E-state index contributed by atoms with van der Waals surface area (Å²) in [6.45, 7) is 3.09. The molecular formula is C21H25N3O2S. The Labute approximate surface area is 163 Å². The third-order valence-corrected chi connectivity index (χ3v) is 6.03. The van der Waals surface area contributed by atoms with Crippen molar-refractivity contribution in [2.24, 2.45) is 0 Å². The van der Waals surface area contributed by atoms with E-state index >= 15 is 0 Å². The minimum atomic E-state index is 0.0685. The van der Waals surface area contributed by atoms with E-state index in [1.54, 1.807) is 18.4 Å². The lowest BCUT2D eigenvalue weighted by Crippen LogP contribution is -2.32. The van der Waals surface area contributed by atoms with Crippen molar-refractivity contribution in [3.05, 3.63) is 41.4 Å². The number of hydrogen-bond acceptors (Lipinski definition) is 4. The fourth-order valence-electron chi connectivity index (χ4n) is 3.74. The van der Waals surface area contributed by atoms with Gasteiger partial charge in [-0.05, 0) is 25.0 Å². The van der Waals surface area contributed by atoms with Crippen LogP contribution in [0.15, 0.2) is 35.7 Å². The number of amides is 1. The number of para-hydroxylation sites is 1. The van der Waals surface area contributed by atoms with Crippen molar-refractivity contribution in [2.45, 2.75) is 32.2 Å². The van der Waals surface area contributed by atoms with Crippen molar-refractivity contribution in [3.8, 4) is 10.7 Å². The number of carbonyl (C=O) groups is 1. The minimum absolute atomic E-state index is 0.0685. The van der Waals surface area contributed by atoms with E-state index in [4.69, 9.17) is 9.72 Å². The first-order valence-electron chi connectivity index (χ1n) is 9.60. The van der Waals surface area contributed by atoms with Crippen LogP contribution < -0.4 is 0 Å². The Morgan fingerprint density at radius 1 is 1.19 bits per heavy atom. The molecule has 1 saturated heterocycles. The molecule has 4 rings (SSSR count). The van der Waals surface area contributed by atoms with Crippen LogP contribution in [0.5, 0.6) is 0 Å². The number of methoxy groups -OCH3 is 1. The van der Waals surface area contributed by atoms with Crippen LogP contribution in [0.4, 0.5) is 0 Å². The van der Waals surface area contributed by atoms with Gasteiger partial charge in [0.1, 0.15) is 10.7 Å². The van der Waals surface area contributed by atoms with Gasteiger partial charge in [-0.15, -0.1) is 11.3 Å². The van der Waals surface area contributed by atoms with Crippen molar-refractivity contribution in [1.29, 1.82) is 0 Å². The molecule has 1 aliphatic heterocycles. The number of fused-ring (bicyclic) bond motifs is 1. The van der Waals surface area contributed by atoms with Gasteiger partial charge in [0.2, 0.25) is 0 Å². The van der Waals surface area contributed by atoms with Crippen molar-refractivity contribution < 1.29 is 9.53 Å². The van der Waals surface area contributed by atoms with Crippen LogP contribution in [0.1, 0.15) is 36.2 Å². The molecule has 3 aromatic rings. The van der Waals surface area contributed by atoms with Gasteiger partial charge in [0.25, 0.3) is 5.91 Å². The fraction of sp³-hybridized carbons (Fsp3) is 0.429. The second-order valence-electron chi connectivity index (χ2n) is 6.98. The zero-order valence-corrected chi connectivity index (χ0v) is 16.5. The topological polar surface area (TPSA) is 47.4 Å². The number of aromatic nitrogens is 2. The second-order valence-corrected chi connectivity index (χ2v) is 7.84. The minimum Gasteiger partial charge on any atom is -0.383 e. The standard InChI is InChI=1S/C21H25N3O2S/c1-26-13-12-24-18-9-5-4-8-16(18)14-19(24)20-22-17(15-27-20)21(25)23-10-6-2-3-7-11-23/h4-5,8-9,14-15H,2-3,6-7,10-13H2,1H3. The molecule has 1 fully saturated rings. The van der Waals surface area contributed by atoms with Gasteiger partial charge >= 0.3 is 0 Å². The fourth-order valence-corrected chi connectivity index (χ4v) is 4.55. The van der Waals surface area contributed by atoms with E-state index in [0.29, 0.717) is 12.3 Å². The first-order valence-corrected chi connectivity index (χ1v) is 10.5. The Morgan fingerprint density at radius 3 is 2.74 bits per heavy atom. The molecule has 27 heavy (non-hydrogen) atoms. The maximum absolute atomic E-state index is 12.9. The highest BCUT2D eigenvalue weighted by atomic mass is 32.1. The third-order valence-electron chi connectivity index (χ3n) is 5.17. The van der Waals surface area contributed by atoms with Crippen LogP contribution in [-0.2, 0) is 11.3 Å². The van der Waals surface area contributed by atoms with E-state index in [9.17, 15) is 4.79 Å². The van der Waals surface area contributed by atoms with E-state index in [1.807, 2.05) is 22.4 Å². The Bertz CT molecular complexity index is 923. The molecule has 0 unspecified atom stereocenters. The zero-order valence-electron chi connectivity index (χ0n) is 15.7. The number of benzene rings is 1. The predicted molar refractivity (Wildman–Crippen MR) is 109 cm³/mol. The van der Waals surface area contributed by atoms with Gasteiger partial charge < -0.3 is 14.2 Å². The van der Waals surface area contributed by atoms with Crippen LogP contribution >= 0.6 is 11.3 Å². The van der Waals surface area contributed by atoms with Gasteiger partial charge in [0, 0.05) is 43.0 Å². The lowest BCUT2D eigenvalue weighted by atomic mass is 10.2. The third kappa shape index (κ3) is 3.77. The normalized spacial score (nSPS) is 15.2. The number of rotatable bonds is 5. The van der Waals surface area contributed by atoms with Gasteiger partial charge in [-0.2, -0.15) is 0 Å². The molecule has 142 valence electrons. The summed E-state index contributed by atoms with van der Waals surface area (Å²) in [4.78, 5) is 19.6. The van der Waals surface area contributed by atoms with E-state index in [0.717, 1.165) is 43.2 Å². The highest BCUT2D eigenvalue weighted by Gasteiger charge is 2.21. The van der Waals surface area contributed by atoms with Crippen molar-refractivity contribution in [2.75, 3.05) is 26.8 Å². The molecule has 0 radical (unpaired) electrons. The van der Waals surface area contributed by atoms with Crippen molar-refractivity contribution in [1.82, 2.24) is 14.5 Å². The summed E-state index contributed by atoms with van der Waals surface area (Å²) in [6.07, 6.45) is 4.61. The predicted octanol–water partition coefficient (Wildman–Crippen LogP) is 4.43. The van der Waals surface area contributed by atoms with Gasteiger partial charge in [-0.25, -0.2) is 4.98 Å². The summed E-state index contributed by atoms with van der Waals surface area (Å²) in [5.41, 5.74) is 2.79. The monoisotopic (exact) mass is 383 g/mol. The molecule has 0 bridgehead atoms. The molecule has 0 aliphatic carbocycles. The van der Waals surface area contributed by atoms with Crippen LogP contribution in [0.25, 0.3) is 21.6 Å². The van der Waals surface area contributed by atoms with Crippen LogP contribution in [0.2, 0.25) is 0 Å². The highest BCUT2D eigenvalue weighted by molar-refractivity contribution is 7.13. The summed E-state index contributed by atoms with van der Waals surface area (Å²) in [5.74, 6) is 0.0685.